The number of halogens is 1. The van der Waals surface area contributed by atoms with Crippen molar-refractivity contribution >= 4 is 40.1 Å². The molecule has 0 saturated heterocycles. The standard InChI is InChI=1S/C15H13ClN4O2/c1-20-8-7-11-12(20)13(19-15(16)18-11)17-10-6-4-3-5-9(10)14(21)22-2/h3-8H,1-2H3,(H,17,18,19). The monoisotopic (exact) mass is 316 g/mol. The number of para-hydroxylation sites is 1. The van der Waals surface area contributed by atoms with Gasteiger partial charge in [0.25, 0.3) is 0 Å². The summed E-state index contributed by atoms with van der Waals surface area (Å²) in [5.41, 5.74) is 2.53. The van der Waals surface area contributed by atoms with Crippen molar-refractivity contribution in [2.24, 2.45) is 7.05 Å². The highest BCUT2D eigenvalue weighted by molar-refractivity contribution is 6.28. The molecule has 7 heteroatoms. The minimum atomic E-state index is -0.425. The summed E-state index contributed by atoms with van der Waals surface area (Å²) in [6.07, 6.45) is 1.87. The first-order chi connectivity index (χ1) is 10.6. The maximum Gasteiger partial charge on any atom is 0.339 e. The number of methoxy groups -OCH3 is 1. The molecule has 112 valence electrons. The van der Waals surface area contributed by atoms with Crippen molar-refractivity contribution in [1.82, 2.24) is 14.5 Å². The van der Waals surface area contributed by atoms with E-state index in [0.717, 1.165) is 11.0 Å². The number of aryl methyl sites for hydroxylation is 1. The molecule has 0 saturated carbocycles. The van der Waals surface area contributed by atoms with Gasteiger partial charge >= 0.3 is 5.97 Å². The Balaban J connectivity index is 2.11. The number of nitrogens with zero attached hydrogens (tertiary/aromatic N) is 3. The lowest BCUT2D eigenvalue weighted by molar-refractivity contribution is 0.0602. The van der Waals surface area contributed by atoms with Crippen LogP contribution in [-0.2, 0) is 11.8 Å². The summed E-state index contributed by atoms with van der Waals surface area (Å²) in [5, 5.41) is 3.28. The highest BCUT2D eigenvalue weighted by Gasteiger charge is 2.15. The molecule has 0 amide bonds. The quantitative estimate of drug-likeness (QED) is 0.594. The Morgan fingerprint density at radius 1 is 1.27 bits per heavy atom. The zero-order chi connectivity index (χ0) is 15.7. The van der Waals surface area contributed by atoms with Crippen LogP contribution in [0.25, 0.3) is 11.0 Å². The normalized spacial score (nSPS) is 10.7. The van der Waals surface area contributed by atoms with E-state index in [2.05, 4.69) is 15.3 Å². The largest absolute Gasteiger partial charge is 0.465 e. The third-order valence-electron chi connectivity index (χ3n) is 3.28. The Kier molecular flexibility index (Phi) is 3.68. The fourth-order valence-electron chi connectivity index (χ4n) is 2.26. The Morgan fingerprint density at radius 3 is 2.82 bits per heavy atom. The number of ether oxygens (including phenoxy) is 1. The van der Waals surface area contributed by atoms with Gasteiger partial charge in [-0.15, -0.1) is 0 Å². The predicted molar refractivity (Wildman–Crippen MR) is 84.6 cm³/mol. The predicted octanol–water partition coefficient (Wildman–Crippen LogP) is 3.15. The summed E-state index contributed by atoms with van der Waals surface area (Å²) in [6, 6.07) is 8.89. The molecule has 22 heavy (non-hydrogen) atoms. The Hall–Kier alpha value is -2.60. The lowest BCUT2D eigenvalue weighted by Gasteiger charge is -2.11. The molecule has 0 aliphatic heterocycles. The molecule has 6 nitrogen and oxygen atoms in total. The van der Waals surface area contributed by atoms with Crippen LogP contribution in [0.4, 0.5) is 11.5 Å². The number of anilines is 2. The SMILES string of the molecule is COC(=O)c1ccccc1Nc1nc(Cl)nc2ccn(C)c12. The zero-order valence-corrected chi connectivity index (χ0v) is 12.8. The molecule has 1 aromatic carbocycles. The molecule has 1 N–H and O–H groups in total. The lowest BCUT2D eigenvalue weighted by Crippen LogP contribution is -2.07. The number of nitrogens with one attached hydrogen (secondary N) is 1. The molecule has 2 aromatic heterocycles. The van der Waals surface area contributed by atoms with E-state index in [-0.39, 0.29) is 5.28 Å². The molecule has 0 aliphatic rings. The van der Waals surface area contributed by atoms with E-state index in [1.807, 2.05) is 29.9 Å². The second kappa shape index (κ2) is 5.65. The van der Waals surface area contributed by atoms with Gasteiger partial charge in [-0.3, -0.25) is 0 Å². The molecule has 2 heterocycles. The van der Waals surface area contributed by atoms with E-state index >= 15 is 0 Å². The molecule has 0 atom stereocenters. The topological polar surface area (TPSA) is 69.0 Å². The van der Waals surface area contributed by atoms with Crippen molar-refractivity contribution < 1.29 is 9.53 Å². The van der Waals surface area contributed by atoms with Crippen LogP contribution in [0.15, 0.2) is 36.5 Å². The van der Waals surface area contributed by atoms with Crippen LogP contribution < -0.4 is 5.32 Å². The minimum absolute atomic E-state index is 0.136. The van der Waals surface area contributed by atoms with Gasteiger partial charge in [-0.05, 0) is 29.8 Å². The fourth-order valence-corrected chi connectivity index (χ4v) is 2.44. The zero-order valence-electron chi connectivity index (χ0n) is 12.0. The number of hydrogen-bond acceptors (Lipinski definition) is 5. The van der Waals surface area contributed by atoms with Crippen molar-refractivity contribution in [1.29, 1.82) is 0 Å². The maximum absolute atomic E-state index is 11.8. The summed E-state index contributed by atoms with van der Waals surface area (Å²) in [4.78, 5) is 20.2. The van der Waals surface area contributed by atoms with Crippen LogP contribution in [0, 0.1) is 0 Å². The second-order valence-corrected chi connectivity index (χ2v) is 5.00. The van der Waals surface area contributed by atoms with Gasteiger partial charge in [0.05, 0.1) is 23.9 Å². The summed E-state index contributed by atoms with van der Waals surface area (Å²) in [6.45, 7) is 0. The molecule has 0 unspecified atom stereocenters. The number of fused-ring (bicyclic) bond motifs is 1. The van der Waals surface area contributed by atoms with Gasteiger partial charge in [0, 0.05) is 13.2 Å². The summed E-state index contributed by atoms with van der Waals surface area (Å²) in [5.74, 6) is 0.102. The molecule has 0 fully saturated rings. The molecule has 0 spiro atoms. The van der Waals surface area contributed by atoms with Crippen LogP contribution in [0.2, 0.25) is 5.28 Å². The highest BCUT2D eigenvalue weighted by Crippen LogP contribution is 2.27. The number of esters is 1. The number of benzene rings is 1. The minimum Gasteiger partial charge on any atom is -0.465 e. The van der Waals surface area contributed by atoms with E-state index < -0.39 is 5.97 Å². The van der Waals surface area contributed by atoms with Gasteiger partial charge in [-0.1, -0.05) is 12.1 Å². The van der Waals surface area contributed by atoms with Crippen LogP contribution >= 0.6 is 11.6 Å². The molecule has 0 aliphatic carbocycles. The van der Waals surface area contributed by atoms with Crippen molar-refractivity contribution in [3.05, 3.63) is 47.4 Å². The number of carbonyl (C=O) groups excluding carboxylic acids is 1. The first-order valence-electron chi connectivity index (χ1n) is 6.53. The number of rotatable bonds is 3. The Labute approximate surface area is 131 Å². The summed E-state index contributed by atoms with van der Waals surface area (Å²) in [7, 11) is 3.23. The van der Waals surface area contributed by atoms with Crippen molar-refractivity contribution in [2.45, 2.75) is 0 Å². The molecular formula is C15H13ClN4O2. The molecule has 0 bridgehead atoms. The van der Waals surface area contributed by atoms with Gasteiger partial charge < -0.3 is 14.6 Å². The molecule has 0 radical (unpaired) electrons. The third kappa shape index (κ3) is 2.48. The van der Waals surface area contributed by atoms with E-state index in [9.17, 15) is 4.79 Å². The van der Waals surface area contributed by atoms with Crippen LogP contribution in [0.1, 0.15) is 10.4 Å². The lowest BCUT2D eigenvalue weighted by atomic mass is 10.2. The Bertz CT molecular complexity index is 860. The van der Waals surface area contributed by atoms with Crippen LogP contribution in [0.5, 0.6) is 0 Å². The number of carbonyl (C=O) groups is 1. The first kappa shape index (κ1) is 14.3. The summed E-state index contributed by atoms with van der Waals surface area (Å²) < 4.78 is 6.68. The van der Waals surface area contributed by atoms with Crippen molar-refractivity contribution in [3.8, 4) is 0 Å². The molecule has 3 rings (SSSR count). The Morgan fingerprint density at radius 2 is 2.05 bits per heavy atom. The average molecular weight is 317 g/mol. The van der Waals surface area contributed by atoms with Crippen molar-refractivity contribution in [3.63, 3.8) is 0 Å². The summed E-state index contributed by atoms with van der Waals surface area (Å²) >= 11 is 5.97. The van der Waals surface area contributed by atoms with Crippen LogP contribution in [-0.4, -0.2) is 27.6 Å². The van der Waals surface area contributed by atoms with Crippen molar-refractivity contribution in [2.75, 3.05) is 12.4 Å². The van der Waals surface area contributed by atoms with E-state index in [0.29, 0.717) is 17.1 Å². The maximum atomic E-state index is 11.8. The third-order valence-corrected chi connectivity index (χ3v) is 3.45. The van der Waals surface area contributed by atoms with E-state index in [4.69, 9.17) is 16.3 Å². The molecular weight excluding hydrogens is 304 g/mol. The number of aromatic nitrogens is 3. The average Bonchev–Trinajstić information content (AvgIpc) is 2.88. The second-order valence-electron chi connectivity index (χ2n) is 4.66. The number of hydrogen-bond donors (Lipinski definition) is 1. The van der Waals surface area contributed by atoms with Crippen LogP contribution in [0.3, 0.4) is 0 Å². The van der Waals surface area contributed by atoms with Gasteiger partial charge in [0.15, 0.2) is 5.82 Å². The first-order valence-corrected chi connectivity index (χ1v) is 6.91. The van der Waals surface area contributed by atoms with Gasteiger partial charge in [0.2, 0.25) is 5.28 Å². The highest BCUT2D eigenvalue weighted by atomic mass is 35.5. The smallest absolute Gasteiger partial charge is 0.339 e. The van der Waals surface area contributed by atoms with E-state index in [1.54, 1.807) is 18.2 Å². The molecule has 3 aromatic rings. The fraction of sp³-hybridized carbons (Fsp3) is 0.133. The van der Waals surface area contributed by atoms with Gasteiger partial charge in [0.1, 0.15) is 5.52 Å². The van der Waals surface area contributed by atoms with E-state index in [1.165, 1.54) is 7.11 Å². The van der Waals surface area contributed by atoms with Gasteiger partial charge in [-0.2, -0.15) is 4.98 Å². The van der Waals surface area contributed by atoms with Gasteiger partial charge in [-0.25, -0.2) is 9.78 Å².